The van der Waals surface area contributed by atoms with E-state index in [1.807, 2.05) is 25.1 Å². The maximum atomic E-state index is 12.7. The third-order valence-corrected chi connectivity index (χ3v) is 4.76. The summed E-state index contributed by atoms with van der Waals surface area (Å²) in [6.07, 6.45) is 4.52. The monoisotopic (exact) mass is 340 g/mol. The zero-order valence-electron chi connectivity index (χ0n) is 15.0. The van der Waals surface area contributed by atoms with E-state index in [-0.39, 0.29) is 24.2 Å². The van der Waals surface area contributed by atoms with Crippen LogP contribution in [0.4, 0.5) is 5.69 Å². The third kappa shape index (κ3) is 3.43. The second-order valence-electron chi connectivity index (χ2n) is 6.57. The van der Waals surface area contributed by atoms with Gasteiger partial charge in [0.05, 0.1) is 12.5 Å². The number of carbonyl (C=O) groups is 2. The molecule has 1 N–H and O–H groups in total. The SMILES string of the molecule is CCc1cccc(C)c1N1CC(C(=O)N(C)Cc2ncc[nH]2)CC1=O. The molecule has 1 aromatic carbocycles. The molecule has 2 amide bonds. The summed E-state index contributed by atoms with van der Waals surface area (Å²) in [4.78, 5) is 35.9. The molecule has 6 heteroatoms. The molecule has 0 aliphatic carbocycles. The summed E-state index contributed by atoms with van der Waals surface area (Å²) in [5.41, 5.74) is 3.19. The number of aromatic nitrogens is 2. The Labute approximate surface area is 147 Å². The van der Waals surface area contributed by atoms with Crippen molar-refractivity contribution in [2.45, 2.75) is 33.2 Å². The summed E-state index contributed by atoms with van der Waals surface area (Å²) in [5.74, 6) is 0.439. The zero-order chi connectivity index (χ0) is 18.0. The summed E-state index contributed by atoms with van der Waals surface area (Å²) < 4.78 is 0. The van der Waals surface area contributed by atoms with Crippen LogP contribution in [0.2, 0.25) is 0 Å². The van der Waals surface area contributed by atoms with Gasteiger partial charge in [0, 0.05) is 38.1 Å². The highest BCUT2D eigenvalue weighted by atomic mass is 16.2. The molecule has 1 aliphatic rings. The zero-order valence-corrected chi connectivity index (χ0v) is 15.0. The minimum Gasteiger partial charge on any atom is -0.347 e. The number of H-pyrrole nitrogens is 1. The number of anilines is 1. The summed E-state index contributed by atoms with van der Waals surface area (Å²) in [6, 6.07) is 6.08. The molecule has 6 nitrogen and oxygen atoms in total. The number of para-hydroxylation sites is 1. The van der Waals surface area contributed by atoms with Crippen LogP contribution in [0, 0.1) is 12.8 Å². The molecular formula is C19H24N4O2. The highest BCUT2D eigenvalue weighted by Crippen LogP contribution is 2.32. The van der Waals surface area contributed by atoms with Crippen LogP contribution in [0.15, 0.2) is 30.6 Å². The molecule has 0 radical (unpaired) electrons. The predicted molar refractivity (Wildman–Crippen MR) is 96.1 cm³/mol. The number of benzene rings is 1. The number of imidazole rings is 1. The lowest BCUT2D eigenvalue weighted by Crippen LogP contribution is -2.34. The Kier molecular flexibility index (Phi) is 4.88. The molecule has 3 rings (SSSR count). The van der Waals surface area contributed by atoms with Crippen LogP contribution in [0.25, 0.3) is 0 Å². The van der Waals surface area contributed by atoms with Gasteiger partial charge in [0.25, 0.3) is 0 Å². The average Bonchev–Trinajstić information content (AvgIpc) is 3.23. The molecule has 1 aliphatic heterocycles. The van der Waals surface area contributed by atoms with Crippen molar-refractivity contribution in [3.05, 3.63) is 47.5 Å². The van der Waals surface area contributed by atoms with Gasteiger partial charge in [0.2, 0.25) is 11.8 Å². The lowest BCUT2D eigenvalue weighted by Gasteiger charge is -2.23. The molecule has 0 spiro atoms. The van der Waals surface area contributed by atoms with Crippen molar-refractivity contribution < 1.29 is 9.59 Å². The van der Waals surface area contributed by atoms with Crippen molar-refractivity contribution in [3.63, 3.8) is 0 Å². The van der Waals surface area contributed by atoms with Gasteiger partial charge in [0.15, 0.2) is 0 Å². The second-order valence-corrected chi connectivity index (χ2v) is 6.57. The van der Waals surface area contributed by atoms with Gasteiger partial charge in [0.1, 0.15) is 5.82 Å². The topological polar surface area (TPSA) is 69.3 Å². The van der Waals surface area contributed by atoms with Gasteiger partial charge in [-0.3, -0.25) is 9.59 Å². The lowest BCUT2D eigenvalue weighted by molar-refractivity contribution is -0.135. The molecule has 0 saturated carbocycles. The quantitative estimate of drug-likeness (QED) is 0.908. The molecule has 1 fully saturated rings. The van der Waals surface area contributed by atoms with E-state index in [1.54, 1.807) is 29.2 Å². The number of aromatic amines is 1. The summed E-state index contributed by atoms with van der Waals surface area (Å²) in [7, 11) is 1.75. The first-order valence-corrected chi connectivity index (χ1v) is 8.63. The van der Waals surface area contributed by atoms with Crippen LogP contribution in [-0.2, 0) is 22.6 Å². The molecule has 1 atom stereocenters. The van der Waals surface area contributed by atoms with E-state index in [1.165, 1.54) is 0 Å². The Morgan fingerprint density at radius 3 is 2.92 bits per heavy atom. The van der Waals surface area contributed by atoms with Crippen molar-refractivity contribution in [3.8, 4) is 0 Å². The molecule has 132 valence electrons. The van der Waals surface area contributed by atoms with E-state index in [9.17, 15) is 9.59 Å². The number of aryl methyl sites for hydroxylation is 2. The van der Waals surface area contributed by atoms with E-state index in [0.717, 1.165) is 29.1 Å². The van der Waals surface area contributed by atoms with E-state index < -0.39 is 0 Å². The van der Waals surface area contributed by atoms with Crippen molar-refractivity contribution in [1.29, 1.82) is 0 Å². The first-order valence-electron chi connectivity index (χ1n) is 8.63. The van der Waals surface area contributed by atoms with Gasteiger partial charge in [-0.2, -0.15) is 0 Å². The van der Waals surface area contributed by atoms with E-state index in [2.05, 4.69) is 16.9 Å². The molecule has 0 bridgehead atoms. The van der Waals surface area contributed by atoms with Gasteiger partial charge >= 0.3 is 0 Å². The smallest absolute Gasteiger partial charge is 0.228 e. The van der Waals surface area contributed by atoms with Crippen molar-refractivity contribution >= 4 is 17.5 Å². The number of amides is 2. The normalized spacial score (nSPS) is 17.2. The molecule has 2 heterocycles. The van der Waals surface area contributed by atoms with Crippen molar-refractivity contribution in [2.24, 2.45) is 5.92 Å². The van der Waals surface area contributed by atoms with Gasteiger partial charge in [-0.15, -0.1) is 0 Å². The van der Waals surface area contributed by atoms with Gasteiger partial charge in [-0.05, 0) is 24.5 Å². The number of hydrogen-bond donors (Lipinski definition) is 1. The van der Waals surface area contributed by atoms with Crippen LogP contribution in [-0.4, -0.2) is 40.3 Å². The Balaban J connectivity index is 1.75. The summed E-state index contributed by atoms with van der Waals surface area (Å²) in [5, 5.41) is 0. The molecular weight excluding hydrogens is 316 g/mol. The first kappa shape index (κ1) is 17.2. The Morgan fingerprint density at radius 2 is 2.24 bits per heavy atom. The second kappa shape index (κ2) is 7.09. The fraction of sp³-hybridized carbons (Fsp3) is 0.421. The van der Waals surface area contributed by atoms with Crippen LogP contribution < -0.4 is 4.90 Å². The Morgan fingerprint density at radius 1 is 1.44 bits per heavy atom. The van der Waals surface area contributed by atoms with Crippen LogP contribution in [0.3, 0.4) is 0 Å². The number of carbonyl (C=O) groups excluding carboxylic acids is 2. The van der Waals surface area contributed by atoms with Crippen LogP contribution in [0.1, 0.15) is 30.3 Å². The number of nitrogens with zero attached hydrogens (tertiary/aromatic N) is 3. The van der Waals surface area contributed by atoms with E-state index in [4.69, 9.17) is 0 Å². The third-order valence-electron chi connectivity index (χ3n) is 4.76. The fourth-order valence-electron chi connectivity index (χ4n) is 3.48. The van der Waals surface area contributed by atoms with Crippen LogP contribution in [0.5, 0.6) is 0 Å². The van der Waals surface area contributed by atoms with E-state index >= 15 is 0 Å². The molecule has 25 heavy (non-hydrogen) atoms. The van der Waals surface area contributed by atoms with Gasteiger partial charge in [-0.25, -0.2) is 4.98 Å². The lowest BCUT2D eigenvalue weighted by atomic mass is 10.0. The average molecular weight is 340 g/mol. The Bertz CT molecular complexity index is 770. The predicted octanol–water partition coefficient (Wildman–Crippen LogP) is 2.29. The summed E-state index contributed by atoms with van der Waals surface area (Å²) in [6.45, 7) is 4.96. The molecule has 1 aromatic heterocycles. The molecule has 1 saturated heterocycles. The number of hydrogen-bond acceptors (Lipinski definition) is 3. The summed E-state index contributed by atoms with van der Waals surface area (Å²) >= 11 is 0. The maximum absolute atomic E-state index is 12.7. The van der Waals surface area contributed by atoms with Gasteiger partial charge < -0.3 is 14.8 Å². The van der Waals surface area contributed by atoms with Gasteiger partial charge in [-0.1, -0.05) is 25.1 Å². The molecule has 2 aromatic rings. The van der Waals surface area contributed by atoms with Crippen molar-refractivity contribution in [2.75, 3.05) is 18.5 Å². The van der Waals surface area contributed by atoms with E-state index in [0.29, 0.717) is 13.1 Å². The number of nitrogens with one attached hydrogen (secondary N) is 1. The molecule has 1 unspecified atom stereocenters. The largest absolute Gasteiger partial charge is 0.347 e. The Hall–Kier alpha value is -2.63. The first-order chi connectivity index (χ1) is 12.0. The maximum Gasteiger partial charge on any atom is 0.228 e. The van der Waals surface area contributed by atoms with Crippen molar-refractivity contribution in [1.82, 2.24) is 14.9 Å². The fourth-order valence-corrected chi connectivity index (χ4v) is 3.48. The van der Waals surface area contributed by atoms with Crippen LogP contribution >= 0.6 is 0 Å². The number of rotatable bonds is 5. The highest BCUT2D eigenvalue weighted by Gasteiger charge is 2.37. The highest BCUT2D eigenvalue weighted by molar-refractivity contribution is 6.01. The minimum atomic E-state index is -0.309. The minimum absolute atomic E-state index is 0.0149. The standard InChI is InChI=1S/C19H24N4O2/c1-4-14-7-5-6-13(2)18(14)23-11-15(10-17(23)24)19(25)22(3)12-16-20-8-9-21-16/h5-9,15H,4,10-12H2,1-3H3,(H,20,21).